The maximum Gasteiger partial charge on any atom is 0.189 e. The zero-order valence-electron chi connectivity index (χ0n) is 6.55. The van der Waals surface area contributed by atoms with Crippen LogP contribution < -0.4 is 4.74 Å². The molecule has 0 aromatic heterocycles. The van der Waals surface area contributed by atoms with Crippen molar-refractivity contribution in [3.8, 4) is 5.75 Å². The summed E-state index contributed by atoms with van der Waals surface area (Å²) in [5.74, 6) is 0.0613. The van der Waals surface area contributed by atoms with Crippen LogP contribution >= 0.6 is 11.6 Å². The minimum atomic E-state index is -0.340. The van der Waals surface area contributed by atoms with Gasteiger partial charge in [0.2, 0.25) is 0 Å². The van der Waals surface area contributed by atoms with Crippen LogP contribution in [0, 0.1) is 5.82 Å². The van der Waals surface area contributed by atoms with Crippen molar-refractivity contribution in [3.63, 3.8) is 0 Å². The molecule has 1 aromatic carbocycles. The smallest absolute Gasteiger partial charge is 0.189 e. The summed E-state index contributed by atoms with van der Waals surface area (Å²) >= 11 is 5.57. The number of allylic oxidation sites excluding steroid dienone is 1. The SMILES string of the molecule is CC=C(Cl)Oc1cccc(F)c1. The highest BCUT2D eigenvalue weighted by Crippen LogP contribution is 2.16. The van der Waals surface area contributed by atoms with Crippen molar-refractivity contribution in [2.75, 3.05) is 0 Å². The fraction of sp³-hybridized carbons (Fsp3) is 0.111. The number of halogens is 2. The first-order valence-electron chi connectivity index (χ1n) is 3.47. The minimum absolute atomic E-state index is 0.237. The van der Waals surface area contributed by atoms with Gasteiger partial charge in [0.1, 0.15) is 11.6 Å². The van der Waals surface area contributed by atoms with Gasteiger partial charge in [-0.2, -0.15) is 0 Å². The topological polar surface area (TPSA) is 9.23 Å². The van der Waals surface area contributed by atoms with E-state index in [0.29, 0.717) is 5.75 Å². The van der Waals surface area contributed by atoms with Crippen molar-refractivity contribution in [1.82, 2.24) is 0 Å². The quantitative estimate of drug-likeness (QED) is 0.644. The first-order chi connectivity index (χ1) is 5.72. The molecule has 0 saturated carbocycles. The van der Waals surface area contributed by atoms with Crippen molar-refractivity contribution >= 4 is 11.6 Å². The van der Waals surface area contributed by atoms with Crippen LogP contribution in [0.2, 0.25) is 0 Å². The molecule has 0 fully saturated rings. The lowest BCUT2D eigenvalue weighted by Crippen LogP contribution is -1.87. The van der Waals surface area contributed by atoms with Crippen molar-refractivity contribution in [1.29, 1.82) is 0 Å². The molecule has 1 nitrogen and oxygen atoms in total. The van der Waals surface area contributed by atoms with Crippen molar-refractivity contribution < 1.29 is 9.13 Å². The van der Waals surface area contributed by atoms with E-state index in [1.165, 1.54) is 12.1 Å². The highest BCUT2D eigenvalue weighted by Gasteiger charge is 1.96. The van der Waals surface area contributed by atoms with E-state index in [9.17, 15) is 4.39 Å². The maximum absolute atomic E-state index is 12.6. The summed E-state index contributed by atoms with van der Waals surface area (Å²) in [6.45, 7) is 1.74. The average molecular weight is 187 g/mol. The Morgan fingerprint density at radius 1 is 1.58 bits per heavy atom. The minimum Gasteiger partial charge on any atom is -0.446 e. The van der Waals surface area contributed by atoms with E-state index in [1.54, 1.807) is 25.1 Å². The molecule has 12 heavy (non-hydrogen) atoms. The van der Waals surface area contributed by atoms with E-state index in [1.807, 2.05) is 0 Å². The molecular weight excluding hydrogens is 179 g/mol. The maximum atomic E-state index is 12.6. The molecule has 0 atom stereocenters. The average Bonchev–Trinajstić information content (AvgIpc) is 2.04. The molecule has 0 unspecified atom stereocenters. The van der Waals surface area contributed by atoms with E-state index in [-0.39, 0.29) is 11.0 Å². The summed E-state index contributed by atoms with van der Waals surface area (Å²) < 4.78 is 17.6. The Hall–Kier alpha value is -1.02. The molecule has 0 aliphatic rings. The van der Waals surface area contributed by atoms with E-state index in [0.717, 1.165) is 0 Å². The van der Waals surface area contributed by atoms with Crippen LogP contribution in [0.3, 0.4) is 0 Å². The number of rotatable bonds is 2. The Kier molecular flexibility index (Phi) is 3.11. The van der Waals surface area contributed by atoms with Gasteiger partial charge in [-0.05, 0) is 36.7 Å². The monoisotopic (exact) mass is 186 g/mol. The van der Waals surface area contributed by atoms with E-state index < -0.39 is 0 Å². The first-order valence-corrected chi connectivity index (χ1v) is 3.85. The molecule has 0 saturated heterocycles. The Morgan fingerprint density at radius 3 is 2.92 bits per heavy atom. The number of hydrogen-bond donors (Lipinski definition) is 0. The van der Waals surface area contributed by atoms with Crippen LogP contribution in [0.5, 0.6) is 5.75 Å². The fourth-order valence-electron chi connectivity index (χ4n) is 0.702. The third-order valence-electron chi connectivity index (χ3n) is 1.24. The standard InChI is InChI=1S/C9H8ClFO/c1-2-9(10)12-8-5-3-4-7(11)6-8/h2-6H,1H3. The zero-order valence-corrected chi connectivity index (χ0v) is 7.31. The molecule has 0 aliphatic heterocycles. The van der Waals surface area contributed by atoms with Crippen LogP contribution in [0.25, 0.3) is 0 Å². The fourth-order valence-corrected chi connectivity index (χ4v) is 0.791. The van der Waals surface area contributed by atoms with Gasteiger partial charge >= 0.3 is 0 Å². The molecule has 0 heterocycles. The van der Waals surface area contributed by atoms with Crippen LogP contribution in [0.15, 0.2) is 35.6 Å². The molecule has 0 radical (unpaired) electrons. The number of ether oxygens (including phenoxy) is 1. The summed E-state index contributed by atoms with van der Waals surface area (Å²) in [6.07, 6.45) is 1.59. The van der Waals surface area contributed by atoms with Gasteiger partial charge in [-0.25, -0.2) is 4.39 Å². The molecule has 64 valence electrons. The van der Waals surface area contributed by atoms with Crippen molar-refractivity contribution in [3.05, 3.63) is 41.4 Å². The molecule has 0 aliphatic carbocycles. The molecule has 0 amide bonds. The molecule has 0 bridgehead atoms. The van der Waals surface area contributed by atoms with Crippen LogP contribution in [-0.4, -0.2) is 0 Å². The molecule has 0 spiro atoms. The van der Waals surface area contributed by atoms with Crippen LogP contribution in [0.1, 0.15) is 6.92 Å². The van der Waals surface area contributed by atoms with Gasteiger partial charge in [0.05, 0.1) is 0 Å². The van der Waals surface area contributed by atoms with Crippen molar-refractivity contribution in [2.24, 2.45) is 0 Å². The molecular formula is C9H8ClFO. The Balaban J connectivity index is 2.76. The van der Waals surface area contributed by atoms with Crippen LogP contribution in [-0.2, 0) is 0 Å². The van der Waals surface area contributed by atoms with Gasteiger partial charge in [-0.1, -0.05) is 6.07 Å². The second kappa shape index (κ2) is 4.12. The Morgan fingerprint density at radius 2 is 2.33 bits per heavy atom. The number of benzene rings is 1. The summed E-state index contributed by atoms with van der Waals surface area (Å²) in [6, 6.07) is 5.81. The third-order valence-corrected chi connectivity index (χ3v) is 1.53. The van der Waals surface area contributed by atoms with E-state index in [4.69, 9.17) is 16.3 Å². The van der Waals surface area contributed by atoms with Gasteiger partial charge < -0.3 is 4.74 Å². The predicted molar refractivity (Wildman–Crippen MR) is 46.6 cm³/mol. The molecule has 1 rings (SSSR count). The predicted octanol–water partition coefficient (Wildman–Crippen LogP) is 3.30. The molecule has 1 aromatic rings. The van der Waals surface area contributed by atoms with Gasteiger partial charge in [-0.15, -0.1) is 0 Å². The summed E-state index contributed by atoms with van der Waals surface area (Å²) in [5.41, 5.74) is 0. The lowest BCUT2D eigenvalue weighted by molar-refractivity contribution is 0.456. The molecule has 3 heteroatoms. The van der Waals surface area contributed by atoms with E-state index in [2.05, 4.69) is 0 Å². The lowest BCUT2D eigenvalue weighted by Gasteiger charge is -2.02. The van der Waals surface area contributed by atoms with Crippen molar-refractivity contribution in [2.45, 2.75) is 6.92 Å². The van der Waals surface area contributed by atoms with Gasteiger partial charge in [0.15, 0.2) is 5.22 Å². The summed E-state index contributed by atoms with van der Waals surface area (Å²) in [4.78, 5) is 0. The Labute approximate surface area is 75.4 Å². The van der Waals surface area contributed by atoms with Crippen LogP contribution in [0.4, 0.5) is 4.39 Å². The van der Waals surface area contributed by atoms with E-state index >= 15 is 0 Å². The third kappa shape index (κ3) is 2.55. The molecule has 0 N–H and O–H groups in total. The van der Waals surface area contributed by atoms with Gasteiger partial charge in [-0.3, -0.25) is 0 Å². The second-order valence-corrected chi connectivity index (χ2v) is 2.52. The second-order valence-electron chi connectivity index (χ2n) is 2.15. The summed E-state index contributed by atoms with van der Waals surface area (Å²) in [7, 11) is 0. The first kappa shape index (κ1) is 9.07. The normalized spacial score (nSPS) is 11.4. The number of hydrogen-bond acceptors (Lipinski definition) is 1. The van der Waals surface area contributed by atoms with Gasteiger partial charge in [0.25, 0.3) is 0 Å². The Bertz CT molecular complexity index is 296. The largest absolute Gasteiger partial charge is 0.446 e. The lowest BCUT2D eigenvalue weighted by atomic mass is 10.3. The summed E-state index contributed by atoms with van der Waals surface area (Å²) in [5, 5.41) is 0.237. The van der Waals surface area contributed by atoms with Gasteiger partial charge in [0, 0.05) is 6.07 Å². The zero-order chi connectivity index (χ0) is 8.97. The highest BCUT2D eigenvalue weighted by molar-refractivity contribution is 6.28. The highest BCUT2D eigenvalue weighted by atomic mass is 35.5.